The summed E-state index contributed by atoms with van der Waals surface area (Å²) in [6.45, 7) is 1.68. The fraction of sp³-hybridized carbons (Fsp3) is 0.208. The van der Waals surface area contributed by atoms with Crippen LogP contribution >= 0.6 is 15.9 Å². The molecule has 0 saturated carbocycles. The Hall–Kier alpha value is -2.64. The summed E-state index contributed by atoms with van der Waals surface area (Å²) in [6.07, 6.45) is 0.832. The van der Waals surface area contributed by atoms with Gasteiger partial charge in [-0.2, -0.15) is 0 Å². The van der Waals surface area contributed by atoms with Crippen molar-refractivity contribution in [2.24, 2.45) is 0 Å². The van der Waals surface area contributed by atoms with Crippen LogP contribution in [0, 0.1) is 0 Å². The monoisotopic (exact) mass is 501 g/mol. The van der Waals surface area contributed by atoms with Gasteiger partial charge in [-0.25, -0.2) is 8.42 Å². The van der Waals surface area contributed by atoms with Crippen molar-refractivity contribution in [2.45, 2.75) is 24.7 Å². The first-order valence-electron chi connectivity index (χ1n) is 9.86. The highest BCUT2D eigenvalue weighted by Gasteiger charge is 2.29. The van der Waals surface area contributed by atoms with Crippen LogP contribution in [-0.4, -0.2) is 27.9 Å². The van der Waals surface area contributed by atoms with E-state index in [0.717, 1.165) is 26.3 Å². The van der Waals surface area contributed by atoms with Gasteiger partial charge in [0.15, 0.2) is 5.78 Å². The Kier molecular flexibility index (Phi) is 7.51. The van der Waals surface area contributed by atoms with Crippen LogP contribution in [0.1, 0.15) is 18.1 Å². The van der Waals surface area contributed by atoms with Crippen LogP contribution in [0.4, 0.5) is 5.69 Å². The fourth-order valence-electron chi connectivity index (χ4n) is 3.24. The van der Waals surface area contributed by atoms with Gasteiger partial charge in [0.1, 0.15) is 5.75 Å². The molecule has 0 aliphatic carbocycles. The molecular weight excluding hydrogens is 478 g/mol. The minimum atomic E-state index is -3.99. The first kappa shape index (κ1) is 23.0. The number of hydrogen-bond donors (Lipinski definition) is 0. The molecule has 0 aliphatic rings. The third-order valence-electron chi connectivity index (χ3n) is 4.92. The molecular formula is C24H24BrNO4S. The topological polar surface area (TPSA) is 63.7 Å². The summed E-state index contributed by atoms with van der Waals surface area (Å²) in [5.41, 5.74) is 2.10. The second-order valence-electron chi connectivity index (χ2n) is 6.99. The standard InChI is InChI=1S/C24H24BrNO4S/c1-3-18-13-14-24(30-2)23(15-18)26(31(28,29)21-10-5-4-6-11-21)17-20(27)16-19-9-7-8-12-22(19)25/h4-15H,3,16-17H2,1-2H3. The summed E-state index contributed by atoms with van der Waals surface area (Å²) in [5.74, 6) is 0.167. The maximum absolute atomic E-state index is 13.6. The maximum Gasteiger partial charge on any atom is 0.264 e. The molecule has 0 radical (unpaired) electrons. The van der Waals surface area contributed by atoms with E-state index in [1.54, 1.807) is 30.3 Å². The van der Waals surface area contributed by atoms with E-state index in [9.17, 15) is 13.2 Å². The molecule has 162 valence electrons. The molecule has 0 spiro atoms. The summed E-state index contributed by atoms with van der Waals surface area (Å²) in [6, 6.07) is 20.9. The number of ether oxygens (including phenoxy) is 1. The van der Waals surface area contributed by atoms with Gasteiger partial charge in [-0.15, -0.1) is 0 Å². The van der Waals surface area contributed by atoms with Gasteiger partial charge < -0.3 is 4.74 Å². The molecule has 0 fully saturated rings. The van der Waals surface area contributed by atoms with Crippen LogP contribution in [0.3, 0.4) is 0 Å². The molecule has 3 aromatic carbocycles. The second-order valence-corrected chi connectivity index (χ2v) is 9.71. The molecule has 5 nitrogen and oxygen atoms in total. The number of hydrogen-bond acceptors (Lipinski definition) is 4. The van der Waals surface area contributed by atoms with Gasteiger partial charge >= 0.3 is 0 Å². The summed E-state index contributed by atoms with van der Waals surface area (Å²) in [4.78, 5) is 13.1. The van der Waals surface area contributed by atoms with Crippen molar-refractivity contribution in [1.82, 2.24) is 0 Å². The van der Waals surface area contributed by atoms with Gasteiger partial charge in [0.05, 0.1) is 24.2 Å². The average molecular weight is 502 g/mol. The Morgan fingerprint density at radius 2 is 1.68 bits per heavy atom. The number of carbonyl (C=O) groups excluding carboxylic acids is 1. The van der Waals surface area contributed by atoms with Crippen molar-refractivity contribution >= 4 is 37.4 Å². The minimum Gasteiger partial charge on any atom is -0.495 e. The number of carbonyl (C=O) groups is 1. The molecule has 0 heterocycles. The van der Waals surface area contributed by atoms with Gasteiger partial charge in [0, 0.05) is 10.9 Å². The zero-order chi connectivity index (χ0) is 22.4. The number of ketones is 1. The Labute approximate surface area is 191 Å². The Bertz CT molecular complexity index is 1160. The summed E-state index contributed by atoms with van der Waals surface area (Å²) < 4.78 is 34.5. The first-order valence-corrected chi connectivity index (χ1v) is 12.1. The van der Waals surface area contributed by atoms with Gasteiger partial charge in [0.2, 0.25) is 0 Å². The number of anilines is 1. The lowest BCUT2D eigenvalue weighted by Gasteiger charge is -2.26. The quantitative estimate of drug-likeness (QED) is 0.412. The van der Waals surface area contributed by atoms with Crippen molar-refractivity contribution in [3.63, 3.8) is 0 Å². The lowest BCUT2D eigenvalue weighted by molar-refractivity contribution is -0.117. The molecule has 0 bridgehead atoms. The minimum absolute atomic E-state index is 0.109. The van der Waals surface area contributed by atoms with E-state index in [4.69, 9.17) is 4.74 Å². The van der Waals surface area contributed by atoms with E-state index < -0.39 is 10.0 Å². The van der Waals surface area contributed by atoms with Crippen LogP contribution in [0.25, 0.3) is 0 Å². The van der Waals surface area contributed by atoms with Gasteiger partial charge in [-0.3, -0.25) is 9.10 Å². The number of Topliss-reactive ketones (excluding diaryl/α,β-unsaturated/α-hetero) is 1. The van der Waals surface area contributed by atoms with Gasteiger partial charge in [0.25, 0.3) is 10.0 Å². The SMILES string of the molecule is CCc1ccc(OC)c(N(CC(=O)Cc2ccccc2Br)S(=O)(=O)c2ccccc2)c1. The third-order valence-corrected chi connectivity index (χ3v) is 7.46. The lowest BCUT2D eigenvalue weighted by atomic mass is 10.1. The molecule has 0 aliphatic heterocycles. The van der Waals surface area contributed by atoms with E-state index in [0.29, 0.717) is 11.4 Å². The normalized spacial score (nSPS) is 11.2. The predicted octanol–water partition coefficient (Wildman–Crippen LogP) is 5.03. The van der Waals surface area contributed by atoms with E-state index in [2.05, 4.69) is 15.9 Å². The summed E-state index contributed by atoms with van der Waals surface area (Å²) in [7, 11) is -2.50. The van der Waals surface area contributed by atoms with Crippen LogP contribution in [0.15, 0.2) is 82.2 Å². The smallest absolute Gasteiger partial charge is 0.264 e. The van der Waals surface area contributed by atoms with Crippen LogP contribution in [0.2, 0.25) is 0 Å². The molecule has 0 atom stereocenters. The highest BCUT2D eigenvalue weighted by molar-refractivity contribution is 9.10. The average Bonchev–Trinajstić information content (AvgIpc) is 2.79. The molecule has 0 aromatic heterocycles. The van der Waals surface area contributed by atoms with Crippen LogP contribution in [-0.2, 0) is 27.7 Å². The lowest BCUT2D eigenvalue weighted by Crippen LogP contribution is -2.36. The molecule has 31 heavy (non-hydrogen) atoms. The molecule has 0 amide bonds. The highest BCUT2D eigenvalue weighted by atomic mass is 79.9. The number of benzene rings is 3. The van der Waals surface area contributed by atoms with Crippen molar-refractivity contribution in [1.29, 1.82) is 0 Å². The van der Waals surface area contributed by atoms with E-state index in [1.807, 2.05) is 37.3 Å². The summed E-state index contributed by atoms with van der Waals surface area (Å²) >= 11 is 3.45. The highest BCUT2D eigenvalue weighted by Crippen LogP contribution is 2.34. The second kappa shape index (κ2) is 10.1. The van der Waals surface area contributed by atoms with Crippen LogP contribution in [0.5, 0.6) is 5.75 Å². The third kappa shape index (κ3) is 5.35. The zero-order valence-corrected chi connectivity index (χ0v) is 19.8. The van der Waals surface area contributed by atoms with Crippen molar-refractivity contribution < 1.29 is 17.9 Å². The van der Waals surface area contributed by atoms with Crippen LogP contribution < -0.4 is 9.04 Å². The zero-order valence-electron chi connectivity index (χ0n) is 17.4. The largest absolute Gasteiger partial charge is 0.495 e. The van der Waals surface area contributed by atoms with Crippen molar-refractivity contribution in [3.8, 4) is 5.75 Å². The number of nitrogens with zero attached hydrogens (tertiary/aromatic N) is 1. The van der Waals surface area contributed by atoms with Gasteiger partial charge in [-0.05, 0) is 47.9 Å². The van der Waals surface area contributed by atoms with E-state index in [1.165, 1.54) is 19.2 Å². The van der Waals surface area contributed by atoms with Crippen molar-refractivity contribution in [3.05, 3.63) is 88.4 Å². The molecule has 7 heteroatoms. The molecule has 0 unspecified atom stereocenters. The van der Waals surface area contributed by atoms with Gasteiger partial charge in [-0.1, -0.05) is 65.3 Å². The fourth-order valence-corrected chi connectivity index (χ4v) is 5.14. The molecule has 3 rings (SSSR count). The Morgan fingerprint density at radius 1 is 1.00 bits per heavy atom. The van der Waals surface area contributed by atoms with E-state index >= 15 is 0 Å². The Morgan fingerprint density at radius 3 is 2.32 bits per heavy atom. The maximum atomic E-state index is 13.6. The molecule has 0 saturated heterocycles. The number of aryl methyl sites for hydroxylation is 1. The first-order chi connectivity index (χ1) is 14.9. The predicted molar refractivity (Wildman–Crippen MR) is 126 cm³/mol. The number of halogens is 1. The summed E-state index contributed by atoms with van der Waals surface area (Å²) in [5, 5.41) is 0. The number of methoxy groups -OCH3 is 1. The molecule has 0 N–H and O–H groups in total. The molecule has 3 aromatic rings. The number of sulfonamides is 1. The number of rotatable bonds is 9. The van der Waals surface area contributed by atoms with Crippen molar-refractivity contribution in [2.75, 3.05) is 18.0 Å². The Balaban J connectivity index is 2.05. The van der Waals surface area contributed by atoms with E-state index in [-0.39, 0.29) is 23.6 Å².